The van der Waals surface area contributed by atoms with Crippen LogP contribution >= 0.6 is 11.3 Å². The molecular weight excluding hydrogens is 372 g/mol. The van der Waals surface area contributed by atoms with Gasteiger partial charge in [0.05, 0.1) is 11.1 Å². The van der Waals surface area contributed by atoms with E-state index in [0.717, 1.165) is 21.7 Å². The lowest BCUT2D eigenvalue weighted by Crippen LogP contribution is -2.38. The number of hydrogen-bond donors (Lipinski definition) is 2. The minimum Gasteiger partial charge on any atom is -0.508 e. The maximum Gasteiger partial charge on any atom is 0.232 e. The molecule has 0 unspecified atom stereocenters. The molecule has 2 N–H and O–H groups in total. The molecule has 5 nitrogen and oxygen atoms in total. The van der Waals surface area contributed by atoms with Gasteiger partial charge in [0.15, 0.2) is 5.13 Å². The van der Waals surface area contributed by atoms with E-state index in [9.17, 15) is 9.90 Å². The van der Waals surface area contributed by atoms with Crippen molar-refractivity contribution >= 4 is 22.4 Å². The van der Waals surface area contributed by atoms with E-state index >= 15 is 0 Å². The fraction of sp³-hybridized carbons (Fsp3) is 0.273. The van der Waals surface area contributed by atoms with Gasteiger partial charge >= 0.3 is 0 Å². The third-order valence-electron chi connectivity index (χ3n) is 5.31. The van der Waals surface area contributed by atoms with E-state index in [4.69, 9.17) is 4.74 Å². The van der Waals surface area contributed by atoms with Gasteiger partial charge in [-0.1, -0.05) is 38.1 Å². The Morgan fingerprint density at radius 1 is 1.14 bits per heavy atom. The monoisotopic (exact) mass is 394 g/mol. The Hall–Kier alpha value is -2.86. The van der Waals surface area contributed by atoms with E-state index in [0.29, 0.717) is 16.6 Å². The highest BCUT2D eigenvalue weighted by Gasteiger charge is 2.43. The molecule has 1 aromatic heterocycles. The number of phenols is 1. The van der Waals surface area contributed by atoms with Crippen LogP contribution in [0.2, 0.25) is 0 Å². The van der Waals surface area contributed by atoms with Gasteiger partial charge in [0.2, 0.25) is 5.91 Å². The quantitative estimate of drug-likeness (QED) is 0.627. The molecule has 0 fully saturated rings. The van der Waals surface area contributed by atoms with Crippen molar-refractivity contribution in [2.24, 2.45) is 5.41 Å². The lowest BCUT2D eigenvalue weighted by atomic mass is 9.69. The Bertz CT molecular complexity index is 1050. The molecule has 0 saturated heterocycles. The highest BCUT2D eigenvalue weighted by Crippen LogP contribution is 2.52. The summed E-state index contributed by atoms with van der Waals surface area (Å²) in [5.41, 5.74) is 1.98. The number of rotatable bonds is 3. The number of hydrogen-bond acceptors (Lipinski definition) is 5. The SMILES string of the molecule is Cc1nc(NC(=O)C(C)(C)[C@H]2c3ccccc3Oc3cc(O)ccc32)sc1C. The van der Waals surface area contributed by atoms with Gasteiger partial charge in [-0.05, 0) is 26.0 Å². The van der Waals surface area contributed by atoms with E-state index in [1.54, 1.807) is 12.1 Å². The summed E-state index contributed by atoms with van der Waals surface area (Å²) in [6.45, 7) is 7.79. The second kappa shape index (κ2) is 6.63. The number of nitrogens with one attached hydrogen (secondary N) is 1. The zero-order valence-corrected chi connectivity index (χ0v) is 17.1. The van der Waals surface area contributed by atoms with Gasteiger partial charge < -0.3 is 15.2 Å². The number of carbonyl (C=O) groups excluding carboxylic acids is 1. The molecule has 1 aliphatic heterocycles. The molecular formula is C22H22N2O3S. The lowest BCUT2D eigenvalue weighted by molar-refractivity contribution is -0.124. The van der Waals surface area contributed by atoms with Crippen molar-refractivity contribution in [3.05, 3.63) is 64.2 Å². The number of anilines is 1. The molecule has 0 aliphatic carbocycles. The number of nitrogens with zero attached hydrogens (tertiary/aromatic N) is 1. The van der Waals surface area contributed by atoms with Gasteiger partial charge in [-0.2, -0.15) is 0 Å². The Kier molecular flexibility index (Phi) is 4.38. The first-order chi connectivity index (χ1) is 13.3. The predicted molar refractivity (Wildman–Crippen MR) is 110 cm³/mol. The average Bonchev–Trinajstić information content (AvgIpc) is 2.96. The maximum absolute atomic E-state index is 13.3. The second-order valence-corrected chi connectivity index (χ2v) is 8.83. The van der Waals surface area contributed by atoms with E-state index in [2.05, 4.69) is 10.3 Å². The largest absolute Gasteiger partial charge is 0.508 e. The summed E-state index contributed by atoms with van der Waals surface area (Å²) in [5.74, 6) is 1.07. The molecule has 2 heterocycles. The molecule has 1 atom stereocenters. The number of thiazole rings is 1. The summed E-state index contributed by atoms with van der Waals surface area (Å²) in [5, 5.41) is 13.5. The number of ether oxygens (including phenoxy) is 1. The molecule has 28 heavy (non-hydrogen) atoms. The molecule has 0 saturated carbocycles. The topological polar surface area (TPSA) is 71.5 Å². The van der Waals surface area contributed by atoms with E-state index in [1.165, 1.54) is 11.3 Å². The van der Waals surface area contributed by atoms with E-state index < -0.39 is 5.41 Å². The lowest BCUT2D eigenvalue weighted by Gasteiger charge is -2.38. The molecule has 6 heteroatoms. The highest BCUT2D eigenvalue weighted by atomic mass is 32.1. The van der Waals surface area contributed by atoms with Crippen LogP contribution < -0.4 is 10.1 Å². The minimum atomic E-state index is -0.779. The number of aromatic nitrogens is 1. The van der Waals surface area contributed by atoms with Crippen molar-refractivity contribution in [1.29, 1.82) is 0 Å². The molecule has 0 radical (unpaired) electrons. The Morgan fingerprint density at radius 2 is 1.86 bits per heavy atom. The minimum absolute atomic E-state index is 0.109. The number of carbonyl (C=O) groups is 1. The normalized spacial score (nSPS) is 15.4. The molecule has 2 aromatic carbocycles. The van der Waals surface area contributed by atoms with Crippen LogP contribution in [0.1, 0.15) is 41.5 Å². The van der Waals surface area contributed by atoms with Crippen LogP contribution in [0.5, 0.6) is 17.2 Å². The fourth-order valence-corrected chi connectivity index (χ4v) is 4.45. The van der Waals surface area contributed by atoms with Crippen LogP contribution in [-0.2, 0) is 4.79 Å². The van der Waals surface area contributed by atoms with Gasteiger partial charge in [0.1, 0.15) is 17.2 Å². The highest BCUT2D eigenvalue weighted by molar-refractivity contribution is 7.15. The zero-order valence-electron chi connectivity index (χ0n) is 16.2. The average molecular weight is 394 g/mol. The number of para-hydroxylation sites is 1. The first-order valence-electron chi connectivity index (χ1n) is 9.12. The van der Waals surface area contributed by atoms with Crippen molar-refractivity contribution in [1.82, 2.24) is 4.98 Å². The van der Waals surface area contributed by atoms with Crippen molar-refractivity contribution in [2.75, 3.05) is 5.32 Å². The van der Waals surface area contributed by atoms with Gasteiger partial charge in [-0.25, -0.2) is 4.98 Å². The van der Waals surface area contributed by atoms with Crippen molar-refractivity contribution in [2.45, 2.75) is 33.6 Å². The number of fused-ring (bicyclic) bond motifs is 2. The molecule has 1 aliphatic rings. The van der Waals surface area contributed by atoms with Crippen LogP contribution in [0.15, 0.2) is 42.5 Å². The first-order valence-corrected chi connectivity index (χ1v) is 9.94. The summed E-state index contributed by atoms with van der Waals surface area (Å²) < 4.78 is 6.00. The smallest absolute Gasteiger partial charge is 0.232 e. The first kappa shape index (κ1) is 18.5. The predicted octanol–water partition coefficient (Wildman–Crippen LogP) is 5.37. The standard InChI is InChI=1S/C22H22N2O3S/c1-12-13(2)28-21(23-12)24-20(26)22(3,4)19-15-7-5-6-8-17(15)27-18-11-14(25)9-10-16(18)19/h5-11,19,25H,1-4H3,(H,23,24,26)/t19-/m0/s1. The van der Waals surface area contributed by atoms with Gasteiger partial charge in [-0.3, -0.25) is 4.79 Å². The van der Waals surface area contributed by atoms with Crippen LogP contribution in [0.3, 0.4) is 0 Å². The summed E-state index contributed by atoms with van der Waals surface area (Å²) in [6.07, 6.45) is 0. The summed E-state index contributed by atoms with van der Waals surface area (Å²) in [6, 6.07) is 12.8. The number of phenolic OH excluding ortho intramolecular Hbond substituents is 1. The summed E-state index contributed by atoms with van der Waals surface area (Å²) in [7, 11) is 0. The molecule has 1 amide bonds. The van der Waals surface area contributed by atoms with E-state index in [1.807, 2.05) is 58.0 Å². The van der Waals surface area contributed by atoms with Crippen molar-refractivity contribution in [3.63, 3.8) is 0 Å². The van der Waals surface area contributed by atoms with Gasteiger partial charge in [-0.15, -0.1) is 11.3 Å². The number of benzene rings is 2. The van der Waals surface area contributed by atoms with Crippen LogP contribution in [0, 0.1) is 19.3 Å². The third kappa shape index (κ3) is 3.03. The molecule has 3 aromatic rings. The van der Waals surface area contributed by atoms with Crippen LogP contribution in [0.25, 0.3) is 0 Å². The maximum atomic E-state index is 13.3. The zero-order chi connectivity index (χ0) is 20.1. The Morgan fingerprint density at radius 3 is 2.57 bits per heavy atom. The molecule has 0 bridgehead atoms. The summed E-state index contributed by atoms with van der Waals surface area (Å²) in [4.78, 5) is 18.8. The third-order valence-corrected chi connectivity index (χ3v) is 6.30. The number of amides is 1. The van der Waals surface area contributed by atoms with Crippen molar-refractivity contribution < 1.29 is 14.6 Å². The Balaban J connectivity index is 1.77. The number of aromatic hydroxyl groups is 1. The Labute approximate surface area is 168 Å². The van der Waals surface area contributed by atoms with Crippen LogP contribution in [0.4, 0.5) is 5.13 Å². The molecule has 0 spiro atoms. The second-order valence-electron chi connectivity index (χ2n) is 7.63. The van der Waals surface area contributed by atoms with Gasteiger partial charge in [0, 0.05) is 28.0 Å². The van der Waals surface area contributed by atoms with Gasteiger partial charge in [0.25, 0.3) is 0 Å². The molecule has 144 valence electrons. The van der Waals surface area contributed by atoms with E-state index in [-0.39, 0.29) is 17.6 Å². The number of aryl methyl sites for hydroxylation is 2. The molecule has 4 rings (SSSR count). The van der Waals surface area contributed by atoms with Crippen molar-refractivity contribution in [3.8, 4) is 17.2 Å². The summed E-state index contributed by atoms with van der Waals surface area (Å²) >= 11 is 1.48. The van der Waals surface area contributed by atoms with Crippen LogP contribution in [-0.4, -0.2) is 16.0 Å². The fourth-order valence-electron chi connectivity index (χ4n) is 3.64.